The van der Waals surface area contributed by atoms with Gasteiger partial charge >= 0.3 is 0 Å². The van der Waals surface area contributed by atoms with Gasteiger partial charge < -0.3 is 5.32 Å². The number of piperazine rings is 1. The fourth-order valence-corrected chi connectivity index (χ4v) is 3.31. The van der Waals surface area contributed by atoms with Crippen molar-refractivity contribution in [2.24, 2.45) is 0 Å². The summed E-state index contributed by atoms with van der Waals surface area (Å²) in [5, 5.41) is 3.72. The van der Waals surface area contributed by atoms with Gasteiger partial charge in [-0.15, -0.1) is 0 Å². The highest BCUT2D eigenvalue weighted by Gasteiger charge is 2.36. The van der Waals surface area contributed by atoms with Crippen LogP contribution in [0.2, 0.25) is 0 Å². The van der Waals surface area contributed by atoms with E-state index in [-0.39, 0.29) is 11.1 Å². The highest BCUT2D eigenvalue weighted by molar-refractivity contribution is 5.25. The normalized spacial score (nSPS) is 22.9. The zero-order chi connectivity index (χ0) is 13.4. The van der Waals surface area contributed by atoms with E-state index in [1.165, 1.54) is 11.1 Å². The molecule has 2 rings (SSSR count). The molecule has 0 atom stereocenters. The second-order valence-corrected chi connectivity index (χ2v) is 6.96. The fourth-order valence-electron chi connectivity index (χ4n) is 3.31. The standard InChI is InChI=1S/C16H26N2/c1-13-8-6-7-9-14(13)10-18-11-15(2,3)17-16(4,5)12-18/h6-9,17H,10-12H2,1-5H3. The maximum Gasteiger partial charge on any atom is 0.0257 e. The topological polar surface area (TPSA) is 15.3 Å². The number of nitrogens with zero attached hydrogens (tertiary/aromatic N) is 1. The van der Waals surface area contributed by atoms with Gasteiger partial charge in [0, 0.05) is 30.7 Å². The van der Waals surface area contributed by atoms with Gasteiger partial charge in [-0.2, -0.15) is 0 Å². The quantitative estimate of drug-likeness (QED) is 0.863. The van der Waals surface area contributed by atoms with Crippen LogP contribution in [-0.4, -0.2) is 29.1 Å². The average molecular weight is 246 g/mol. The SMILES string of the molecule is Cc1ccccc1CN1CC(C)(C)NC(C)(C)C1. The Bertz CT molecular complexity index is 405. The zero-order valence-electron chi connectivity index (χ0n) is 12.4. The van der Waals surface area contributed by atoms with E-state index in [0.717, 1.165) is 19.6 Å². The van der Waals surface area contributed by atoms with Crippen LogP contribution in [0.25, 0.3) is 0 Å². The fraction of sp³-hybridized carbons (Fsp3) is 0.625. The molecule has 0 radical (unpaired) electrons. The summed E-state index contributed by atoms with van der Waals surface area (Å²) in [4.78, 5) is 2.57. The molecule has 0 aliphatic carbocycles. The Hall–Kier alpha value is -0.860. The molecule has 0 bridgehead atoms. The summed E-state index contributed by atoms with van der Waals surface area (Å²) < 4.78 is 0. The first-order valence-corrected chi connectivity index (χ1v) is 6.84. The van der Waals surface area contributed by atoms with Gasteiger partial charge in [-0.05, 0) is 45.7 Å². The molecule has 1 heterocycles. The second-order valence-electron chi connectivity index (χ2n) is 6.96. The van der Waals surface area contributed by atoms with Gasteiger partial charge in [-0.25, -0.2) is 0 Å². The molecule has 1 aliphatic heterocycles. The highest BCUT2D eigenvalue weighted by atomic mass is 15.3. The number of nitrogens with one attached hydrogen (secondary N) is 1. The van der Waals surface area contributed by atoms with E-state index in [4.69, 9.17) is 0 Å². The number of hydrogen-bond acceptors (Lipinski definition) is 2. The van der Waals surface area contributed by atoms with E-state index in [1.807, 2.05) is 0 Å². The predicted molar refractivity (Wildman–Crippen MR) is 77.7 cm³/mol. The monoisotopic (exact) mass is 246 g/mol. The van der Waals surface area contributed by atoms with Crippen LogP contribution in [0, 0.1) is 6.92 Å². The lowest BCUT2D eigenvalue weighted by atomic mass is 9.91. The first-order valence-electron chi connectivity index (χ1n) is 6.84. The summed E-state index contributed by atoms with van der Waals surface area (Å²) in [6.07, 6.45) is 0. The molecule has 1 aromatic carbocycles. The smallest absolute Gasteiger partial charge is 0.0257 e. The van der Waals surface area contributed by atoms with Crippen molar-refractivity contribution < 1.29 is 0 Å². The third-order valence-corrected chi connectivity index (χ3v) is 3.57. The third-order valence-electron chi connectivity index (χ3n) is 3.57. The molecule has 0 saturated carbocycles. The molecule has 0 aromatic heterocycles. The molecule has 0 amide bonds. The van der Waals surface area contributed by atoms with Crippen LogP contribution in [0.3, 0.4) is 0 Å². The highest BCUT2D eigenvalue weighted by Crippen LogP contribution is 2.23. The van der Waals surface area contributed by atoms with E-state index < -0.39 is 0 Å². The van der Waals surface area contributed by atoms with Crippen LogP contribution in [0.5, 0.6) is 0 Å². The van der Waals surface area contributed by atoms with Gasteiger partial charge in [0.1, 0.15) is 0 Å². The molecular formula is C16H26N2. The number of benzene rings is 1. The van der Waals surface area contributed by atoms with Crippen molar-refractivity contribution in [3.63, 3.8) is 0 Å². The largest absolute Gasteiger partial charge is 0.304 e. The van der Waals surface area contributed by atoms with Crippen LogP contribution in [0.1, 0.15) is 38.8 Å². The first-order chi connectivity index (χ1) is 8.27. The van der Waals surface area contributed by atoms with Gasteiger partial charge in [0.2, 0.25) is 0 Å². The van der Waals surface area contributed by atoms with Crippen LogP contribution < -0.4 is 5.32 Å². The van der Waals surface area contributed by atoms with E-state index in [1.54, 1.807) is 0 Å². The molecule has 1 aromatic rings. The van der Waals surface area contributed by atoms with Crippen LogP contribution in [0.15, 0.2) is 24.3 Å². The van der Waals surface area contributed by atoms with Crippen LogP contribution in [-0.2, 0) is 6.54 Å². The maximum absolute atomic E-state index is 3.72. The van der Waals surface area contributed by atoms with Crippen molar-refractivity contribution in [3.8, 4) is 0 Å². The minimum absolute atomic E-state index is 0.185. The van der Waals surface area contributed by atoms with Crippen molar-refractivity contribution in [2.45, 2.75) is 52.2 Å². The van der Waals surface area contributed by atoms with Gasteiger partial charge in [-0.3, -0.25) is 4.90 Å². The van der Waals surface area contributed by atoms with Gasteiger partial charge in [-0.1, -0.05) is 24.3 Å². The van der Waals surface area contributed by atoms with E-state index >= 15 is 0 Å². The number of aryl methyl sites for hydroxylation is 1. The summed E-state index contributed by atoms with van der Waals surface area (Å²) in [5.74, 6) is 0. The van der Waals surface area contributed by atoms with Crippen molar-refractivity contribution in [1.29, 1.82) is 0 Å². The minimum Gasteiger partial charge on any atom is -0.304 e. The minimum atomic E-state index is 0.185. The Morgan fingerprint density at radius 3 is 2.17 bits per heavy atom. The van der Waals surface area contributed by atoms with E-state index in [2.05, 4.69) is 69.1 Å². The molecule has 1 aliphatic rings. The average Bonchev–Trinajstić information content (AvgIpc) is 2.16. The Morgan fingerprint density at radius 2 is 1.61 bits per heavy atom. The Balaban J connectivity index is 2.12. The van der Waals surface area contributed by atoms with E-state index in [9.17, 15) is 0 Å². The number of hydrogen-bond donors (Lipinski definition) is 1. The molecule has 0 unspecified atom stereocenters. The lowest BCUT2D eigenvalue weighted by Gasteiger charge is -2.48. The summed E-state index contributed by atoms with van der Waals surface area (Å²) in [6, 6.07) is 8.70. The van der Waals surface area contributed by atoms with Crippen LogP contribution >= 0.6 is 0 Å². The summed E-state index contributed by atoms with van der Waals surface area (Å²) >= 11 is 0. The third kappa shape index (κ3) is 3.33. The first kappa shape index (κ1) is 13.6. The Kier molecular flexibility index (Phi) is 3.52. The Morgan fingerprint density at radius 1 is 1.06 bits per heavy atom. The van der Waals surface area contributed by atoms with Crippen molar-refractivity contribution >= 4 is 0 Å². The molecule has 0 spiro atoms. The van der Waals surface area contributed by atoms with Crippen molar-refractivity contribution in [2.75, 3.05) is 13.1 Å². The molecule has 1 saturated heterocycles. The summed E-state index contributed by atoms with van der Waals surface area (Å²) in [6.45, 7) is 14.6. The molecule has 1 fully saturated rings. The Labute approximate surface area is 111 Å². The van der Waals surface area contributed by atoms with Gasteiger partial charge in [0.15, 0.2) is 0 Å². The van der Waals surface area contributed by atoms with Gasteiger partial charge in [0.05, 0.1) is 0 Å². The molecular weight excluding hydrogens is 220 g/mol. The molecule has 100 valence electrons. The second kappa shape index (κ2) is 4.67. The van der Waals surface area contributed by atoms with E-state index in [0.29, 0.717) is 0 Å². The summed E-state index contributed by atoms with van der Waals surface area (Å²) in [5.41, 5.74) is 3.21. The zero-order valence-corrected chi connectivity index (χ0v) is 12.4. The number of rotatable bonds is 2. The molecule has 18 heavy (non-hydrogen) atoms. The lowest BCUT2D eigenvalue weighted by Crippen LogP contribution is -2.66. The molecule has 2 nitrogen and oxygen atoms in total. The van der Waals surface area contributed by atoms with Crippen molar-refractivity contribution in [3.05, 3.63) is 35.4 Å². The maximum atomic E-state index is 3.72. The lowest BCUT2D eigenvalue weighted by molar-refractivity contribution is 0.0727. The van der Waals surface area contributed by atoms with Gasteiger partial charge in [0.25, 0.3) is 0 Å². The summed E-state index contributed by atoms with van der Waals surface area (Å²) in [7, 11) is 0. The van der Waals surface area contributed by atoms with Crippen molar-refractivity contribution in [1.82, 2.24) is 10.2 Å². The predicted octanol–water partition coefficient (Wildman–Crippen LogP) is 2.96. The molecule has 2 heteroatoms. The van der Waals surface area contributed by atoms with Crippen LogP contribution in [0.4, 0.5) is 0 Å². The molecule has 1 N–H and O–H groups in total.